The number of nitrogens with zero attached hydrogens (tertiary/aromatic N) is 3. The Morgan fingerprint density at radius 1 is 1.00 bits per heavy atom. The Labute approximate surface area is 157 Å². The van der Waals surface area contributed by atoms with E-state index in [2.05, 4.69) is 9.89 Å². The van der Waals surface area contributed by atoms with Crippen molar-refractivity contribution in [2.24, 2.45) is 4.99 Å². The quantitative estimate of drug-likeness (QED) is 0.824. The maximum atomic E-state index is 12.6. The lowest BCUT2D eigenvalue weighted by Gasteiger charge is -2.28. The van der Waals surface area contributed by atoms with E-state index >= 15 is 0 Å². The van der Waals surface area contributed by atoms with E-state index in [9.17, 15) is 15.2 Å². The number of benzene rings is 2. The van der Waals surface area contributed by atoms with Crippen LogP contribution in [0, 0.1) is 11.3 Å². The number of hydrogen-bond donors (Lipinski definition) is 1. The van der Waals surface area contributed by atoms with Crippen LogP contribution < -0.4 is 4.90 Å². The molecule has 2 aromatic rings. The summed E-state index contributed by atoms with van der Waals surface area (Å²) in [5.41, 5.74) is 2.46. The van der Waals surface area contributed by atoms with E-state index in [1.54, 1.807) is 24.3 Å². The molecule has 0 radical (unpaired) electrons. The van der Waals surface area contributed by atoms with Gasteiger partial charge >= 0.3 is 0 Å². The van der Waals surface area contributed by atoms with Gasteiger partial charge in [0.05, 0.1) is 5.69 Å². The molecule has 0 aromatic heterocycles. The van der Waals surface area contributed by atoms with Crippen LogP contribution in [0.5, 0.6) is 0 Å². The van der Waals surface area contributed by atoms with Crippen molar-refractivity contribution in [2.45, 2.75) is 19.3 Å². The molecular weight excluding hydrogens is 338 g/mol. The van der Waals surface area contributed by atoms with Crippen molar-refractivity contribution in [3.8, 4) is 6.07 Å². The van der Waals surface area contributed by atoms with Gasteiger partial charge in [-0.2, -0.15) is 5.26 Å². The Balaban J connectivity index is 1.64. The van der Waals surface area contributed by atoms with Crippen LogP contribution in [-0.4, -0.2) is 29.7 Å². The molecule has 0 unspecified atom stereocenters. The normalized spacial score (nSPS) is 17.1. The van der Waals surface area contributed by atoms with E-state index in [0.717, 1.165) is 18.8 Å². The highest BCUT2D eigenvalue weighted by atomic mass is 16.3. The van der Waals surface area contributed by atoms with E-state index < -0.39 is 0 Å². The lowest BCUT2D eigenvalue weighted by Crippen LogP contribution is -2.29. The third kappa shape index (κ3) is 3.11. The van der Waals surface area contributed by atoms with E-state index in [4.69, 9.17) is 0 Å². The molecule has 1 heterocycles. The molecule has 1 fully saturated rings. The predicted octanol–water partition coefficient (Wildman–Crippen LogP) is 4.44. The third-order valence-electron chi connectivity index (χ3n) is 5.05. The Morgan fingerprint density at radius 3 is 2.30 bits per heavy atom. The van der Waals surface area contributed by atoms with Gasteiger partial charge in [0.25, 0.3) is 0 Å². The zero-order chi connectivity index (χ0) is 18.8. The molecule has 0 bridgehead atoms. The predicted molar refractivity (Wildman–Crippen MR) is 106 cm³/mol. The van der Waals surface area contributed by atoms with Crippen LogP contribution in [-0.2, 0) is 0 Å². The number of fused-ring (bicyclic) bond motifs is 1. The molecule has 5 heteroatoms. The standard InChI is InChI=1S/C22H19N3O2/c23-14-19(20-21(26)17-6-2-3-7-18(17)22(20)27)24-15-8-10-16(11-9-15)25-12-4-1-5-13-25/h2-3,6-11,26H,1,4-5,12-13H2. The molecule has 0 spiro atoms. The number of hydrogen-bond acceptors (Lipinski definition) is 5. The summed E-state index contributed by atoms with van der Waals surface area (Å²) in [4.78, 5) is 19.3. The number of Topliss-reactive ketones (excluding diaryl/α,β-unsaturated/α-hetero) is 1. The van der Waals surface area contributed by atoms with Gasteiger partial charge in [-0.25, -0.2) is 4.99 Å². The first-order valence-electron chi connectivity index (χ1n) is 9.10. The Morgan fingerprint density at radius 2 is 1.67 bits per heavy atom. The van der Waals surface area contributed by atoms with Gasteiger partial charge in [0.15, 0.2) is 11.5 Å². The Bertz CT molecular complexity index is 991. The molecule has 5 nitrogen and oxygen atoms in total. The van der Waals surface area contributed by atoms with Gasteiger partial charge < -0.3 is 10.0 Å². The van der Waals surface area contributed by atoms with Crippen LogP contribution in [0.25, 0.3) is 5.76 Å². The topological polar surface area (TPSA) is 76.7 Å². The number of aliphatic hydroxyl groups excluding tert-OH is 1. The highest BCUT2D eigenvalue weighted by molar-refractivity contribution is 6.39. The van der Waals surface area contributed by atoms with Gasteiger partial charge in [-0.15, -0.1) is 0 Å². The molecule has 134 valence electrons. The second-order valence-electron chi connectivity index (χ2n) is 6.73. The maximum absolute atomic E-state index is 12.6. The highest BCUT2D eigenvalue weighted by Crippen LogP contribution is 2.32. The summed E-state index contributed by atoms with van der Waals surface area (Å²) in [6.45, 7) is 2.11. The van der Waals surface area contributed by atoms with Crippen molar-refractivity contribution in [1.82, 2.24) is 0 Å². The number of carbonyl (C=O) groups is 1. The summed E-state index contributed by atoms with van der Waals surface area (Å²) in [5, 5.41) is 20.0. The van der Waals surface area contributed by atoms with Gasteiger partial charge in [-0.1, -0.05) is 24.3 Å². The minimum atomic E-state index is -0.367. The van der Waals surface area contributed by atoms with Crippen LogP contribution in [0.15, 0.2) is 59.1 Å². The number of aliphatic imine (C=N–C) groups is 1. The van der Waals surface area contributed by atoms with Crippen molar-refractivity contribution in [3.05, 3.63) is 65.2 Å². The summed E-state index contributed by atoms with van der Waals surface area (Å²) < 4.78 is 0. The Hall–Kier alpha value is -3.39. The van der Waals surface area contributed by atoms with E-state index in [1.807, 2.05) is 30.3 Å². The van der Waals surface area contributed by atoms with E-state index in [-0.39, 0.29) is 22.8 Å². The fraction of sp³-hybridized carbons (Fsp3) is 0.227. The zero-order valence-corrected chi connectivity index (χ0v) is 14.9. The van der Waals surface area contributed by atoms with Crippen LogP contribution in [0.2, 0.25) is 0 Å². The number of nitriles is 1. The SMILES string of the molecule is N#CC(=Nc1ccc(N2CCCCC2)cc1)C1=C(O)c2ccccc2C1=O. The zero-order valence-electron chi connectivity index (χ0n) is 14.9. The molecule has 0 saturated carbocycles. The van der Waals surface area contributed by atoms with Crippen LogP contribution in [0.3, 0.4) is 0 Å². The van der Waals surface area contributed by atoms with Crippen molar-refractivity contribution in [2.75, 3.05) is 18.0 Å². The summed E-state index contributed by atoms with van der Waals surface area (Å²) in [6, 6.07) is 16.4. The first kappa shape index (κ1) is 17.0. The highest BCUT2D eigenvalue weighted by Gasteiger charge is 2.32. The molecule has 0 amide bonds. The first-order chi connectivity index (χ1) is 13.2. The van der Waals surface area contributed by atoms with E-state index in [0.29, 0.717) is 16.8 Å². The lowest BCUT2D eigenvalue weighted by atomic mass is 10.1. The van der Waals surface area contributed by atoms with Crippen LogP contribution in [0.4, 0.5) is 11.4 Å². The smallest absolute Gasteiger partial charge is 0.200 e. The summed E-state index contributed by atoms with van der Waals surface area (Å²) in [5.74, 6) is -0.547. The first-order valence-corrected chi connectivity index (χ1v) is 9.10. The van der Waals surface area contributed by atoms with Crippen molar-refractivity contribution in [3.63, 3.8) is 0 Å². The fourth-order valence-electron chi connectivity index (χ4n) is 3.64. The van der Waals surface area contributed by atoms with Crippen molar-refractivity contribution >= 4 is 28.6 Å². The number of piperidine rings is 1. The van der Waals surface area contributed by atoms with Gasteiger partial charge in [-0.3, -0.25) is 4.79 Å². The number of aliphatic hydroxyl groups is 1. The molecule has 1 aliphatic carbocycles. The molecule has 0 atom stereocenters. The van der Waals surface area contributed by atoms with Gasteiger partial charge in [0.1, 0.15) is 17.4 Å². The molecule has 2 aromatic carbocycles. The number of allylic oxidation sites excluding steroid dienone is 1. The maximum Gasteiger partial charge on any atom is 0.200 e. The average Bonchev–Trinajstić information content (AvgIpc) is 2.98. The average molecular weight is 357 g/mol. The van der Waals surface area contributed by atoms with Crippen molar-refractivity contribution < 1.29 is 9.90 Å². The number of anilines is 1. The number of rotatable bonds is 3. The molecule has 1 saturated heterocycles. The second kappa shape index (κ2) is 7.08. The Kier molecular flexibility index (Phi) is 4.47. The second-order valence-corrected chi connectivity index (χ2v) is 6.73. The van der Waals surface area contributed by atoms with Gasteiger partial charge in [0.2, 0.25) is 0 Å². The number of ketones is 1. The van der Waals surface area contributed by atoms with Gasteiger partial charge in [-0.05, 0) is 43.5 Å². The molecule has 27 heavy (non-hydrogen) atoms. The molecular formula is C22H19N3O2. The largest absolute Gasteiger partial charge is 0.506 e. The van der Waals surface area contributed by atoms with Crippen molar-refractivity contribution in [1.29, 1.82) is 5.26 Å². The summed E-state index contributed by atoms with van der Waals surface area (Å²) >= 11 is 0. The summed E-state index contributed by atoms with van der Waals surface area (Å²) in [6.07, 6.45) is 3.68. The third-order valence-corrected chi connectivity index (χ3v) is 5.05. The minimum Gasteiger partial charge on any atom is -0.506 e. The van der Waals surface area contributed by atoms with Crippen LogP contribution >= 0.6 is 0 Å². The van der Waals surface area contributed by atoms with E-state index in [1.165, 1.54) is 19.3 Å². The van der Waals surface area contributed by atoms with Crippen LogP contribution in [0.1, 0.15) is 35.2 Å². The van der Waals surface area contributed by atoms with Gasteiger partial charge in [0, 0.05) is 29.9 Å². The lowest BCUT2D eigenvalue weighted by molar-refractivity contribution is 0.104. The molecule has 2 aliphatic rings. The minimum absolute atomic E-state index is 0.0289. The fourth-order valence-corrected chi connectivity index (χ4v) is 3.64. The molecule has 1 N–H and O–H groups in total. The monoisotopic (exact) mass is 357 g/mol. The molecule has 4 rings (SSSR count). The molecule has 1 aliphatic heterocycles. The number of carbonyl (C=O) groups excluding carboxylic acids is 1. The summed E-state index contributed by atoms with van der Waals surface area (Å²) in [7, 11) is 0.